The van der Waals surface area contributed by atoms with Crippen molar-refractivity contribution in [2.75, 3.05) is 31.9 Å². The molecule has 0 radical (unpaired) electrons. The molecule has 104 valence electrons. The summed E-state index contributed by atoms with van der Waals surface area (Å²) in [5, 5.41) is 0.436. The van der Waals surface area contributed by atoms with Gasteiger partial charge < -0.3 is 10.6 Å². The highest BCUT2D eigenvalue weighted by molar-refractivity contribution is 6.33. The normalized spacial score (nSPS) is 20.6. The molecule has 1 unspecified atom stereocenters. The lowest BCUT2D eigenvalue weighted by Gasteiger charge is -2.39. The molecule has 1 aromatic rings. The number of halogens is 1. The van der Waals surface area contributed by atoms with Gasteiger partial charge in [0.1, 0.15) is 0 Å². The molecular weight excluding hydrogens is 262 g/mol. The van der Waals surface area contributed by atoms with Gasteiger partial charge in [-0.25, -0.2) is 0 Å². The molecule has 1 heterocycles. The van der Waals surface area contributed by atoms with Gasteiger partial charge in [-0.05, 0) is 25.6 Å². The van der Waals surface area contributed by atoms with Gasteiger partial charge >= 0.3 is 0 Å². The molecule has 1 amide bonds. The van der Waals surface area contributed by atoms with Crippen molar-refractivity contribution in [3.8, 4) is 0 Å². The van der Waals surface area contributed by atoms with E-state index in [1.807, 2.05) is 4.90 Å². The molecule has 4 nitrogen and oxygen atoms in total. The first-order valence-electron chi connectivity index (χ1n) is 6.62. The largest absolute Gasteiger partial charge is 0.397 e. The van der Waals surface area contributed by atoms with E-state index in [0.29, 0.717) is 22.3 Å². The fourth-order valence-corrected chi connectivity index (χ4v) is 2.72. The Morgan fingerprint density at radius 1 is 1.47 bits per heavy atom. The second-order valence-corrected chi connectivity index (χ2v) is 5.34. The van der Waals surface area contributed by atoms with Crippen molar-refractivity contribution in [1.29, 1.82) is 0 Å². The highest BCUT2D eigenvalue weighted by Crippen LogP contribution is 2.24. The number of likely N-dealkylation sites (N-methyl/N-ethyl adjacent to an activating group) is 1. The molecule has 19 heavy (non-hydrogen) atoms. The van der Waals surface area contributed by atoms with Crippen molar-refractivity contribution in [3.63, 3.8) is 0 Å². The highest BCUT2D eigenvalue weighted by Gasteiger charge is 2.27. The molecular formula is C14H20ClN3O. The van der Waals surface area contributed by atoms with Gasteiger partial charge in [0.05, 0.1) is 16.3 Å². The second-order valence-electron chi connectivity index (χ2n) is 4.93. The Morgan fingerprint density at radius 2 is 2.21 bits per heavy atom. The lowest BCUT2D eigenvalue weighted by Crippen LogP contribution is -2.53. The summed E-state index contributed by atoms with van der Waals surface area (Å²) in [5.41, 5.74) is 6.77. The number of hydrogen-bond acceptors (Lipinski definition) is 3. The minimum absolute atomic E-state index is 0.0254. The van der Waals surface area contributed by atoms with Crippen LogP contribution in [0.1, 0.15) is 24.2 Å². The number of amides is 1. The van der Waals surface area contributed by atoms with Crippen molar-refractivity contribution in [3.05, 3.63) is 28.8 Å². The van der Waals surface area contributed by atoms with E-state index in [4.69, 9.17) is 17.3 Å². The average Bonchev–Trinajstić information content (AvgIpc) is 2.41. The Kier molecular flexibility index (Phi) is 4.32. The molecule has 5 heteroatoms. The summed E-state index contributed by atoms with van der Waals surface area (Å²) in [5.74, 6) is -0.0254. The van der Waals surface area contributed by atoms with E-state index in [1.54, 1.807) is 18.2 Å². The molecule has 0 aromatic heterocycles. The first kappa shape index (κ1) is 14.2. The number of para-hydroxylation sites is 1. The Bertz CT molecular complexity index is 478. The van der Waals surface area contributed by atoms with E-state index in [1.165, 1.54) is 0 Å². The third kappa shape index (κ3) is 2.85. The van der Waals surface area contributed by atoms with Gasteiger partial charge in [0, 0.05) is 25.7 Å². The third-order valence-electron chi connectivity index (χ3n) is 3.74. The molecule has 2 rings (SSSR count). The maximum Gasteiger partial charge on any atom is 0.256 e. The first-order valence-corrected chi connectivity index (χ1v) is 6.99. The monoisotopic (exact) mass is 281 g/mol. The third-order valence-corrected chi connectivity index (χ3v) is 4.07. The van der Waals surface area contributed by atoms with E-state index >= 15 is 0 Å². The van der Waals surface area contributed by atoms with Gasteiger partial charge in [0.2, 0.25) is 0 Å². The van der Waals surface area contributed by atoms with Crippen LogP contribution in [0.5, 0.6) is 0 Å². The molecule has 0 spiro atoms. The minimum atomic E-state index is -0.0254. The summed E-state index contributed by atoms with van der Waals surface area (Å²) in [6, 6.07) is 5.58. The zero-order valence-electron chi connectivity index (χ0n) is 11.4. The fraction of sp³-hybridized carbons (Fsp3) is 0.500. The molecule has 0 aliphatic carbocycles. The summed E-state index contributed by atoms with van der Waals surface area (Å²) in [6.07, 6.45) is 0. The summed E-state index contributed by atoms with van der Waals surface area (Å²) in [4.78, 5) is 16.7. The summed E-state index contributed by atoms with van der Waals surface area (Å²) < 4.78 is 0. The molecule has 1 atom stereocenters. The molecule has 2 N–H and O–H groups in total. The van der Waals surface area contributed by atoms with Crippen LogP contribution < -0.4 is 5.73 Å². The number of carbonyl (C=O) groups is 1. The topological polar surface area (TPSA) is 49.6 Å². The van der Waals surface area contributed by atoms with Crippen LogP contribution in [0, 0.1) is 0 Å². The Labute approximate surface area is 119 Å². The average molecular weight is 282 g/mol. The van der Waals surface area contributed by atoms with Crippen molar-refractivity contribution in [2.45, 2.75) is 19.9 Å². The zero-order valence-corrected chi connectivity index (χ0v) is 12.2. The lowest BCUT2D eigenvalue weighted by molar-refractivity contribution is 0.0529. The number of anilines is 1. The second kappa shape index (κ2) is 5.80. The molecule has 0 bridgehead atoms. The van der Waals surface area contributed by atoms with Crippen LogP contribution in [0.15, 0.2) is 18.2 Å². The predicted molar refractivity (Wildman–Crippen MR) is 78.5 cm³/mol. The van der Waals surface area contributed by atoms with Gasteiger partial charge in [-0.3, -0.25) is 9.69 Å². The van der Waals surface area contributed by atoms with E-state index in [0.717, 1.165) is 26.2 Å². The van der Waals surface area contributed by atoms with Gasteiger partial charge in [0.25, 0.3) is 5.91 Å². The number of nitrogens with zero attached hydrogens (tertiary/aromatic N) is 2. The Morgan fingerprint density at radius 3 is 2.84 bits per heavy atom. The number of rotatable bonds is 2. The summed E-state index contributed by atoms with van der Waals surface area (Å²) in [6.45, 7) is 7.68. The van der Waals surface area contributed by atoms with Crippen molar-refractivity contribution < 1.29 is 4.79 Å². The van der Waals surface area contributed by atoms with Gasteiger partial charge in [0.15, 0.2) is 0 Å². The number of hydrogen-bond donors (Lipinski definition) is 1. The molecule has 0 saturated carbocycles. The molecule has 1 saturated heterocycles. The summed E-state index contributed by atoms with van der Waals surface area (Å²) in [7, 11) is 0. The quantitative estimate of drug-likeness (QED) is 0.845. The van der Waals surface area contributed by atoms with E-state index in [-0.39, 0.29) is 5.91 Å². The Balaban J connectivity index is 2.15. The van der Waals surface area contributed by atoms with Gasteiger partial charge in [-0.1, -0.05) is 24.6 Å². The number of nitrogens with two attached hydrogens (primary N) is 1. The van der Waals surface area contributed by atoms with E-state index in [2.05, 4.69) is 18.7 Å². The highest BCUT2D eigenvalue weighted by atomic mass is 35.5. The maximum absolute atomic E-state index is 12.5. The first-order chi connectivity index (χ1) is 9.04. The smallest absolute Gasteiger partial charge is 0.256 e. The maximum atomic E-state index is 12.5. The number of piperazine rings is 1. The van der Waals surface area contributed by atoms with E-state index < -0.39 is 0 Å². The predicted octanol–water partition coefficient (Wildman–Crippen LogP) is 2.09. The van der Waals surface area contributed by atoms with Crippen LogP contribution >= 0.6 is 11.6 Å². The van der Waals surface area contributed by atoms with Crippen molar-refractivity contribution >= 4 is 23.2 Å². The zero-order chi connectivity index (χ0) is 14.0. The van der Waals surface area contributed by atoms with Crippen LogP contribution in [-0.4, -0.2) is 47.9 Å². The van der Waals surface area contributed by atoms with Crippen molar-refractivity contribution in [1.82, 2.24) is 9.80 Å². The number of carbonyl (C=O) groups excluding carboxylic acids is 1. The van der Waals surface area contributed by atoms with Gasteiger partial charge in [-0.15, -0.1) is 0 Å². The molecule has 1 aliphatic rings. The van der Waals surface area contributed by atoms with Crippen molar-refractivity contribution in [2.24, 2.45) is 0 Å². The standard InChI is InChI=1S/C14H20ClN3O/c1-3-17-7-8-18(9-10(17)2)14(19)11-5-4-6-12(15)13(11)16/h4-6,10H,3,7-9,16H2,1-2H3. The molecule has 1 fully saturated rings. The lowest BCUT2D eigenvalue weighted by atomic mass is 10.1. The fourth-order valence-electron chi connectivity index (χ4n) is 2.54. The molecule has 1 aliphatic heterocycles. The van der Waals surface area contributed by atoms with Crippen LogP contribution in [0.3, 0.4) is 0 Å². The SMILES string of the molecule is CCN1CCN(C(=O)c2cccc(Cl)c2N)CC1C. The Hall–Kier alpha value is -1.26. The number of nitrogen functional groups attached to an aromatic ring is 1. The van der Waals surface area contributed by atoms with Crippen LogP contribution in [0.25, 0.3) is 0 Å². The van der Waals surface area contributed by atoms with Gasteiger partial charge in [-0.2, -0.15) is 0 Å². The molecule has 1 aromatic carbocycles. The minimum Gasteiger partial charge on any atom is -0.397 e. The summed E-state index contributed by atoms with van der Waals surface area (Å²) >= 11 is 5.97. The van der Waals surface area contributed by atoms with Crippen LogP contribution in [-0.2, 0) is 0 Å². The van der Waals surface area contributed by atoms with Crippen LogP contribution in [0.2, 0.25) is 5.02 Å². The van der Waals surface area contributed by atoms with E-state index in [9.17, 15) is 4.79 Å². The van der Waals surface area contributed by atoms with Crippen LogP contribution in [0.4, 0.5) is 5.69 Å². The number of benzene rings is 1.